The van der Waals surface area contributed by atoms with Crippen molar-refractivity contribution in [1.82, 2.24) is 5.32 Å². The van der Waals surface area contributed by atoms with Gasteiger partial charge < -0.3 is 15.5 Å². The number of benzene rings is 1. The van der Waals surface area contributed by atoms with E-state index in [2.05, 4.69) is 24.5 Å². The number of hydrogen-bond acceptors (Lipinski definition) is 1. The smallest absolute Gasteiger partial charge is 0.170 e. The van der Waals surface area contributed by atoms with Crippen molar-refractivity contribution in [2.75, 3.05) is 31.5 Å². The van der Waals surface area contributed by atoms with E-state index in [1.807, 2.05) is 25.1 Å². The van der Waals surface area contributed by atoms with Gasteiger partial charge >= 0.3 is 0 Å². The van der Waals surface area contributed by atoms with Gasteiger partial charge in [0.25, 0.3) is 0 Å². The van der Waals surface area contributed by atoms with Crippen LogP contribution >= 0.6 is 23.8 Å². The molecule has 0 aromatic heterocycles. The predicted molar refractivity (Wildman–Crippen MR) is 91.9 cm³/mol. The lowest BCUT2D eigenvalue weighted by atomic mass is 10.2. The van der Waals surface area contributed by atoms with Crippen molar-refractivity contribution in [2.45, 2.75) is 27.2 Å². The molecule has 20 heavy (non-hydrogen) atoms. The first-order valence-corrected chi connectivity index (χ1v) is 8.00. The molecule has 0 amide bonds. The molecule has 0 aliphatic rings. The van der Waals surface area contributed by atoms with Crippen LogP contribution in [0.2, 0.25) is 5.02 Å². The molecule has 0 bridgehead atoms. The van der Waals surface area contributed by atoms with E-state index in [1.54, 1.807) is 4.90 Å². The fourth-order valence-corrected chi connectivity index (χ4v) is 2.44. The van der Waals surface area contributed by atoms with E-state index in [0.717, 1.165) is 29.2 Å². The first kappa shape index (κ1) is 17.2. The van der Waals surface area contributed by atoms with Crippen LogP contribution in [0.1, 0.15) is 25.8 Å². The van der Waals surface area contributed by atoms with E-state index in [0.29, 0.717) is 5.11 Å². The molecule has 5 heteroatoms. The lowest BCUT2D eigenvalue weighted by Gasteiger charge is -2.16. The molecule has 1 aromatic carbocycles. The Morgan fingerprint density at radius 1 is 1.30 bits per heavy atom. The second-order valence-electron chi connectivity index (χ2n) is 4.85. The summed E-state index contributed by atoms with van der Waals surface area (Å²) in [6, 6.07) is 5.78. The molecule has 1 aromatic rings. The van der Waals surface area contributed by atoms with Crippen LogP contribution in [-0.4, -0.2) is 31.3 Å². The molecule has 3 N–H and O–H groups in total. The summed E-state index contributed by atoms with van der Waals surface area (Å²) < 4.78 is 0. The normalized spacial score (nSPS) is 10.7. The van der Waals surface area contributed by atoms with Gasteiger partial charge in [-0.1, -0.05) is 17.7 Å². The summed E-state index contributed by atoms with van der Waals surface area (Å²) in [5, 5.41) is 7.85. The highest BCUT2D eigenvalue weighted by Crippen LogP contribution is 2.22. The molecule has 0 fully saturated rings. The zero-order valence-corrected chi connectivity index (χ0v) is 14.1. The van der Waals surface area contributed by atoms with Crippen molar-refractivity contribution in [3.05, 3.63) is 28.8 Å². The van der Waals surface area contributed by atoms with Crippen molar-refractivity contribution in [3.8, 4) is 0 Å². The highest BCUT2D eigenvalue weighted by Gasteiger charge is 2.05. The standard InChI is InChI=1S/C15H24ClN3S/c1-4-19(5-2)11-7-10-17-15(20)18-14-9-6-8-13(16)12(14)3/h6,8-9H,4-5,7,10-11H2,1-3H3,(H2,17,18,20)/p+1. The van der Waals surface area contributed by atoms with Gasteiger partial charge in [-0.2, -0.15) is 0 Å². The zero-order valence-electron chi connectivity index (χ0n) is 12.6. The van der Waals surface area contributed by atoms with Gasteiger partial charge in [0, 0.05) is 23.7 Å². The first-order valence-electron chi connectivity index (χ1n) is 7.22. The van der Waals surface area contributed by atoms with E-state index in [-0.39, 0.29) is 0 Å². The molecule has 0 radical (unpaired) electrons. The van der Waals surface area contributed by atoms with Gasteiger partial charge in [0.1, 0.15) is 0 Å². The Morgan fingerprint density at radius 3 is 2.65 bits per heavy atom. The summed E-state index contributed by atoms with van der Waals surface area (Å²) >= 11 is 11.4. The van der Waals surface area contributed by atoms with Crippen LogP contribution in [0.15, 0.2) is 18.2 Å². The summed E-state index contributed by atoms with van der Waals surface area (Å²) in [6.07, 6.45) is 1.12. The number of anilines is 1. The molecule has 3 nitrogen and oxygen atoms in total. The summed E-state index contributed by atoms with van der Waals surface area (Å²) in [5.74, 6) is 0. The molecule has 0 atom stereocenters. The quantitative estimate of drug-likeness (QED) is 0.532. The van der Waals surface area contributed by atoms with E-state index >= 15 is 0 Å². The second-order valence-corrected chi connectivity index (χ2v) is 5.67. The Morgan fingerprint density at radius 2 is 2.00 bits per heavy atom. The average Bonchev–Trinajstić information content (AvgIpc) is 2.44. The Labute approximate surface area is 132 Å². The topological polar surface area (TPSA) is 28.5 Å². The number of thiocarbonyl (C=S) groups is 1. The number of hydrogen-bond donors (Lipinski definition) is 3. The number of rotatable bonds is 7. The van der Waals surface area contributed by atoms with E-state index < -0.39 is 0 Å². The number of nitrogens with one attached hydrogen (secondary N) is 3. The number of halogens is 1. The fourth-order valence-electron chi connectivity index (χ4n) is 2.05. The minimum Gasteiger partial charge on any atom is -0.362 e. The molecule has 0 saturated carbocycles. The number of quaternary nitrogens is 1. The van der Waals surface area contributed by atoms with Crippen LogP contribution in [-0.2, 0) is 0 Å². The van der Waals surface area contributed by atoms with Crippen molar-refractivity contribution >= 4 is 34.6 Å². The van der Waals surface area contributed by atoms with Gasteiger partial charge in [0.2, 0.25) is 0 Å². The molecule has 0 unspecified atom stereocenters. The highest BCUT2D eigenvalue weighted by molar-refractivity contribution is 7.80. The fraction of sp³-hybridized carbons (Fsp3) is 0.533. The summed E-state index contributed by atoms with van der Waals surface area (Å²) in [7, 11) is 0. The van der Waals surface area contributed by atoms with Gasteiger partial charge in [-0.05, 0) is 50.7 Å². The van der Waals surface area contributed by atoms with E-state index in [1.165, 1.54) is 19.6 Å². The third kappa shape index (κ3) is 5.65. The third-order valence-electron chi connectivity index (χ3n) is 3.51. The third-order valence-corrected chi connectivity index (χ3v) is 4.16. The molecule has 0 aliphatic heterocycles. The SMILES string of the molecule is CC[NH+](CC)CCCNC(=S)Nc1cccc(Cl)c1C. The Balaban J connectivity index is 2.32. The maximum Gasteiger partial charge on any atom is 0.170 e. The van der Waals surface area contributed by atoms with Crippen molar-refractivity contribution in [2.24, 2.45) is 0 Å². The monoisotopic (exact) mass is 314 g/mol. The Kier molecular flexibility index (Phi) is 7.88. The van der Waals surface area contributed by atoms with Gasteiger partial charge in [-0.3, -0.25) is 0 Å². The molecule has 1 rings (SSSR count). The molecule has 0 heterocycles. The van der Waals surface area contributed by atoms with Crippen LogP contribution in [0, 0.1) is 6.92 Å². The van der Waals surface area contributed by atoms with Crippen molar-refractivity contribution in [3.63, 3.8) is 0 Å². The first-order chi connectivity index (χ1) is 9.58. The van der Waals surface area contributed by atoms with Crippen LogP contribution < -0.4 is 15.5 Å². The Bertz CT molecular complexity index is 433. The minimum atomic E-state index is 0.657. The maximum atomic E-state index is 6.08. The van der Waals surface area contributed by atoms with Crippen molar-refractivity contribution < 1.29 is 4.90 Å². The van der Waals surface area contributed by atoms with Crippen LogP contribution in [0.4, 0.5) is 5.69 Å². The molecular formula is C15H25ClN3S+. The van der Waals surface area contributed by atoms with Crippen LogP contribution in [0.25, 0.3) is 0 Å². The predicted octanol–water partition coefficient (Wildman–Crippen LogP) is 2.25. The molecule has 0 aliphatic carbocycles. The largest absolute Gasteiger partial charge is 0.362 e. The van der Waals surface area contributed by atoms with Gasteiger partial charge in [0.15, 0.2) is 5.11 Å². The lowest BCUT2D eigenvalue weighted by molar-refractivity contribution is -0.896. The summed E-state index contributed by atoms with van der Waals surface area (Å²) in [6.45, 7) is 10.9. The van der Waals surface area contributed by atoms with Crippen molar-refractivity contribution in [1.29, 1.82) is 0 Å². The van der Waals surface area contributed by atoms with Gasteiger partial charge in [-0.15, -0.1) is 0 Å². The highest BCUT2D eigenvalue weighted by atomic mass is 35.5. The molecule has 112 valence electrons. The van der Waals surface area contributed by atoms with E-state index in [9.17, 15) is 0 Å². The van der Waals surface area contributed by atoms with Gasteiger partial charge in [0.05, 0.1) is 19.6 Å². The molecule has 0 saturated heterocycles. The van der Waals surface area contributed by atoms with Crippen LogP contribution in [0.3, 0.4) is 0 Å². The molecular weight excluding hydrogens is 290 g/mol. The maximum absolute atomic E-state index is 6.08. The van der Waals surface area contributed by atoms with E-state index in [4.69, 9.17) is 23.8 Å². The average molecular weight is 315 g/mol. The second kappa shape index (κ2) is 9.16. The lowest BCUT2D eigenvalue weighted by Crippen LogP contribution is -3.11. The van der Waals surface area contributed by atoms with Crippen LogP contribution in [0.5, 0.6) is 0 Å². The summed E-state index contributed by atoms with van der Waals surface area (Å²) in [5.41, 5.74) is 1.98. The zero-order chi connectivity index (χ0) is 15.0. The summed E-state index contributed by atoms with van der Waals surface area (Å²) in [4.78, 5) is 1.62. The molecule has 0 spiro atoms. The minimum absolute atomic E-state index is 0.657. The van der Waals surface area contributed by atoms with Gasteiger partial charge in [-0.25, -0.2) is 0 Å². The Hall–Kier alpha value is -0.840.